The first-order chi connectivity index (χ1) is 15.6. The van der Waals surface area contributed by atoms with Crippen molar-refractivity contribution in [3.8, 4) is 22.6 Å². The van der Waals surface area contributed by atoms with Crippen LogP contribution in [0.4, 0.5) is 0 Å². The molecule has 164 valence electrons. The maximum absolute atomic E-state index is 12.4. The summed E-state index contributed by atoms with van der Waals surface area (Å²) in [5.74, 6) is 0.105. The summed E-state index contributed by atoms with van der Waals surface area (Å²) in [7, 11) is 0. The molecule has 0 saturated heterocycles. The number of hydrazine groups is 1. The van der Waals surface area contributed by atoms with Crippen LogP contribution in [0.3, 0.4) is 0 Å². The maximum Gasteiger partial charge on any atom is 0.276 e. The van der Waals surface area contributed by atoms with Gasteiger partial charge in [0, 0.05) is 0 Å². The van der Waals surface area contributed by atoms with E-state index in [9.17, 15) is 9.59 Å². The van der Waals surface area contributed by atoms with Gasteiger partial charge in [0.15, 0.2) is 11.7 Å². The third-order valence-electron chi connectivity index (χ3n) is 4.31. The summed E-state index contributed by atoms with van der Waals surface area (Å²) in [5, 5.41) is 2.44. The summed E-state index contributed by atoms with van der Waals surface area (Å²) in [6, 6.07) is 24.2. The molecule has 0 spiro atoms. The van der Waals surface area contributed by atoms with Gasteiger partial charge in [0.05, 0.1) is 12.2 Å². The summed E-state index contributed by atoms with van der Waals surface area (Å²) in [5.41, 5.74) is 7.36. The van der Waals surface area contributed by atoms with Gasteiger partial charge in [-0.05, 0) is 54.5 Å². The highest BCUT2D eigenvalue weighted by Gasteiger charge is 2.13. The van der Waals surface area contributed by atoms with Crippen LogP contribution in [-0.2, 0) is 4.79 Å². The van der Waals surface area contributed by atoms with Crippen LogP contribution >= 0.6 is 12.2 Å². The van der Waals surface area contributed by atoms with Gasteiger partial charge >= 0.3 is 0 Å². The number of benzene rings is 3. The Hall–Kier alpha value is -3.91. The second-order valence-corrected chi connectivity index (χ2v) is 6.97. The normalized spacial score (nSPS) is 10.0. The highest BCUT2D eigenvalue weighted by atomic mass is 32.1. The Kier molecular flexibility index (Phi) is 8.16. The molecule has 0 radical (unpaired) electrons. The molecule has 8 heteroatoms. The minimum atomic E-state index is -0.455. The van der Waals surface area contributed by atoms with Gasteiger partial charge in [-0.25, -0.2) is 0 Å². The van der Waals surface area contributed by atoms with E-state index in [0.29, 0.717) is 23.7 Å². The number of para-hydroxylation sites is 1. The van der Waals surface area contributed by atoms with Crippen LogP contribution in [0.15, 0.2) is 78.9 Å². The smallest absolute Gasteiger partial charge is 0.276 e. The van der Waals surface area contributed by atoms with Crippen molar-refractivity contribution in [3.05, 3.63) is 84.4 Å². The summed E-state index contributed by atoms with van der Waals surface area (Å²) in [6.45, 7) is 2.04. The van der Waals surface area contributed by atoms with Crippen LogP contribution < -0.4 is 25.6 Å². The number of amides is 2. The first-order valence-electron chi connectivity index (χ1n) is 9.97. The van der Waals surface area contributed by atoms with Crippen LogP contribution in [-0.4, -0.2) is 30.1 Å². The monoisotopic (exact) mass is 449 g/mol. The Morgan fingerprint density at radius 1 is 0.812 bits per heavy atom. The first kappa shape index (κ1) is 22.8. The van der Waals surface area contributed by atoms with Gasteiger partial charge in [0.25, 0.3) is 11.8 Å². The van der Waals surface area contributed by atoms with Crippen molar-refractivity contribution in [2.45, 2.75) is 6.92 Å². The van der Waals surface area contributed by atoms with E-state index >= 15 is 0 Å². The molecule has 7 nitrogen and oxygen atoms in total. The minimum absolute atomic E-state index is 0.0538. The topological polar surface area (TPSA) is 88.7 Å². The maximum atomic E-state index is 12.4. The van der Waals surface area contributed by atoms with Gasteiger partial charge in [0.2, 0.25) is 0 Å². The average molecular weight is 450 g/mol. The Morgan fingerprint density at radius 2 is 1.47 bits per heavy atom. The van der Waals surface area contributed by atoms with Gasteiger partial charge in [-0.15, -0.1) is 0 Å². The number of rotatable bonds is 7. The summed E-state index contributed by atoms with van der Waals surface area (Å²) in [4.78, 5) is 24.4. The van der Waals surface area contributed by atoms with Crippen LogP contribution in [0.1, 0.15) is 17.3 Å². The predicted molar refractivity (Wildman–Crippen MR) is 126 cm³/mol. The highest BCUT2D eigenvalue weighted by Crippen LogP contribution is 2.22. The van der Waals surface area contributed by atoms with Crippen LogP contribution in [0.5, 0.6) is 11.5 Å². The number of thiocarbonyl (C=S) groups is 1. The van der Waals surface area contributed by atoms with Crippen molar-refractivity contribution in [2.24, 2.45) is 0 Å². The SMILES string of the molecule is CCOc1ccccc1C(=O)NC(=S)NNC(=O)COc1ccc(-c2ccccc2)cc1. The van der Waals surface area contributed by atoms with Crippen molar-refractivity contribution in [2.75, 3.05) is 13.2 Å². The molecule has 2 amide bonds. The predicted octanol–water partition coefficient (Wildman–Crippen LogP) is 3.47. The third kappa shape index (κ3) is 6.55. The van der Waals surface area contributed by atoms with E-state index in [4.69, 9.17) is 21.7 Å². The molecule has 3 aromatic carbocycles. The fraction of sp³-hybridized carbons (Fsp3) is 0.125. The number of carbonyl (C=O) groups is 2. The number of nitrogens with one attached hydrogen (secondary N) is 3. The lowest BCUT2D eigenvalue weighted by molar-refractivity contribution is -0.123. The summed E-state index contributed by atoms with van der Waals surface area (Å²) < 4.78 is 10.9. The Morgan fingerprint density at radius 3 is 2.19 bits per heavy atom. The molecule has 3 N–H and O–H groups in total. The zero-order chi connectivity index (χ0) is 22.8. The minimum Gasteiger partial charge on any atom is -0.493 e. The van der Waals surface area contributed by atoms with E-state index < -0.39 is 11.8 Å². The molecule has 0 bridgehead atoms. The van der Waals surface area contributed by atoms with E-state index in [1.165, 1.54) is 0 Å². The summed E-state index contributed by atoms with van der Waals surface area (Å²) >= 11 is 5.06. The van der Waals surface area contributed by atoms with Gasteiger partial charge in [-0.2, -0.15) is 0 Å². The van der Waals surface area contributed by atoms with Crippen molar-refractivity contribution >= 4 is 29.1 Å². The van der Waals surface area contributed by atoms with Gasteiger partial charge in [-0.3, -0.25) is 25.8 Å². The first-order valence-corrected chi connectivity index (χ1v) is 10.4. The Labute approximate surface area is 191 Å². The summed E-state index contributed by atoms with van der Waals surface area (Å²) in [6.07, 6.45) is 0. The molecule has 0 fully saturated rings. The number of hydrogen-bond donors (Lipinski definition) is 3. The molecular weight excluding hydrogens is 426 g/mol. The highest BCUT2D eigenvalue weighted by molar-refractivity contribution is 7.80. The molecule has 0 unspecified atom stereocenters. The van der Waals surface area contributed by atoms with Crippen LogP contribution in [0, 0.1) is 0 Å². The molecule has 0 aliphatic rings. The van der Waals surface area contributed by atoms with Crippen LogP contribution in [0.2, 0.25) is 0 Å². The molecule has 3 rings (SSSR count). The quantitative estimate of drug-likeness (QED) is 0.378. The third-order valence-corrected chi connectivity index (χ3v) is 4.51. The lowest BCUT2D eigenvalue weighted by atomic mass is 10.1. The second-order valence-electron chi connectivity index (χ2n) is 6.56. The molecule has 0 aliphatic carbocycles. The van der Waals surface area contributed by atoms with Crippen molar-refractivity contribution in [1.29, 1.82) is 0 Å². The van der Waals surface area contributed by atoms with E-state index in [1.54, 1.807) is 36.4 Å². The van der Waals surface area contributed by atoms with Crippen molar-refractivity contribution in [1.82, 2.24) is 16.2 Å². The van der Waals surface area contributed by atoms with Gasteiger partial charge in [-0.1, -0.05) is 54.6 Å². The van der Waals surface area contributed by atoms with Gasteiger partial charge < -0.3 is 9.47 Å². The molecule has 3 aromatic rings. The molecule has 32 heavy (non-hydrogen) atoms. The molecule has 0 saturated carbocycles. The van der Waals surface area contributed by atoms with Crippen molar-refractivity contribution in [3.63, 3.8) is 0 Å². The lowest BCUT2D eigenvalue weighted by Gasteiger charge is -2.13. The molecular formula is C24H23N3O4S. The number of ether oxygens (including phenoxy) is 2. The molecule has 0 aliphatic heterocycles. The Bertz CT molecular complexity index is 1070. The molecule has 0 heterocycles. The lowest BCUT2D eigenvalue weighted by Crippen LogP contribution is -2.49. The average Bonchev–Trinajstić information content (AvgIpc) is 2.83. The van der Waals surface area contributed by atoms with E-state index in [1.807, 2.05) is 49.4 Å². The van der Waals surface area contributed by atoms with E-state index in [0.717, 1.165) is 11.1 Å². The zero-order valence-corrected chi connectivity index (χ0v) is 18.3. The Balaban J connectivity index is 1.43. The van der Waals surface area contributed by atoms with Crippen molar-refractivity contribution < 1.29 is 19.1 Å². The fourth-order valence-electron chi connectivity index (χ4n) is 2.82. The fourth-order valence-corrected chi connectivity index (χ4v) is 2.97. The zero-order valence-electron chi connectivity index (χ0n) is 17.5. The number of carbonyl (C=O) groups excluding carboxylic acids is 2. The van der Waals surface area contributed by atoms with Crippen LogP contribution in [0.25, 0.3) is 11.1 Å². The molecule has 0 aromatic heterocycles. The number of hydrogen-bond acceptors (Lipinski definition) is 5. The molecule has 0 atom stereocenters. The van der Waals surface area contributed by atoms with E-state index in [2.05, 4.69) is 16.2 Å². The van der Waals surface area contributed by atoms with E-state index in [-0.39, 0.29) is 11.7 Å². The largest absolute Gasteiger partial charge is 0.493 e. The second kappa shape index (κ2) is 11.5. The van der Waals surface area contributed by atoms with Gasteiger partial charge in [0.1, 0.15) is 11.5 Å². The standard InChI is InChI=1S/C24H23N3O4S/c1-2-30-21-11-7-6-10-20(21)23(29)25-24(32)27-26-22(28)16-31-19-14-12-18(13-15-19)17-8-4-3-5-9-17/h3-15H,2,16H2,1H3,(H,26,28)(H2,25,27,29,32).